The molecule has 2 unspecified atom stereocenters. The Morgan fingerprint density at radius 3 is 2.76 bits per heavy atom. The van der Waals surface area contributed by atoms with Crippen LogP contribution < -0.4 is 5.32 Å². The smallest absolute Gasteiger partial charge is 0.0307 e. The SMILES string of the molecule is CCC1(C)CNC(CC(C)C)CN1Cc1cccc(C)c1. The van der Waals surface area contributed by atoms with Crippen LogP contribution >= 0.6 is 0 Å². The van der Waals surface area contributed by atoms with Gasteiger partial charge >= 0.3 is 0 Å². The lowest BCUT2D eigenvalue weighted by molar-refractivity contribution is 0.0372. The molecule has 1 aromatic rings. The number of aryl methyl sites for hydroxylation is 1. The molecule has 2 heteroatoms. The summed E-state index contributed by atoms with van der Waals surface area (Å²) < 4.78 is 0. The van der Waals surface area contributed by atoms with E-state index in [4.69, 9.17) is 0 Å². The van der Waals surface area contributed by atoms with Crippen LogP contribution in [0.2, 0.25) is 0 Å². The summed E-state index contributed by atoms with van der Waals surface area (Å²) in [5.41, 5.74) is 3.08. The zero-order valence-electron chi connectivity index (χ0n) is 14.4. The molecule has 1 aliphatic heterocycles. The lowest BCUT2D eigenvalue weighted by Gasteiger charge is -2.48. The molecule has 0 aliphatic carbocycles. The first-order chi connectivity index (χ1) is 9.93. The first-order valence-electron chi connectivity index (χ1n) is 8.47. The molecule has 1 fully saturated rings. The van der Waals surface area contributed by atoms with Crippen molar-refractivity contribution >= 4 is 0 Å². The fraction of sp³-hybridized carbons (Fsp3) is 0.684. The molecule has 0 radical (unpaired) electrons. The third kappa shape index (κ3) is 4.31. The minimum absolute atomic E-state index is 0.275. The predicted molar refractivity (Wildman–Crippen MR) is 91.5 cm³/mol. The molecule has 21 heavy (non-hydrogen) atoms. The Balaban J connectivity index is 2.10. The second-order valence-electron chi connectivity index (χ2n) is 7.43. The van der Waals surface area contributed by atoms with E-state index in [1.54, 1.807) is 0 Å². The molecule has 1 heterocycles. The topological polar surface area (TPSA) is 15.3 Å². The van der Waals surface area contributed by atoms with Crippen molar-refractivity contribution in [1.82, 2.24) is 10.2 Å². The summed E-state index contributed by atoms with van der Waals surface area (Å²) in [6, 6.07) is 9.59. The van der Waals surface area contributed by atoms with Crippen LogP contribution in [0.25, 0.3) is 0 Å². The maximum atomic E-state index is 3.78. The van der Waals surface area contributed by atoms with E-state index in [-0.39, 0.29) is 5.54 Å². The van der Waals surface area contributed by atoms with Gasteiger partial charge < -0.3 is 5.32 Å². The number of rotatable bonds is 5. The summed E-state index contributed by atoms with van der Waals surface area (Å²) in [6.07, 6.45) is 2.46. The van der Waals surface area contributed by atoms with Crippen molar-refractivity contribution < 1.29 is 0 Å². The van der Waals surface area contributed by atoms with E-state index in [0.29, 0.717) is 6.04 Å². The minimum Gasteiger partial charge on any atom is -0.311 e. The summed E-state index contributed by atoms with van der Waals surface area (Å²) in [7, 11) is 0. The maximum Gasteiger partial charge on any atom is 0.0307 e. The average Bonchev–Trinajstić information content (AvgIpc) is 2.42. The van der Waals surface area contributed by atoms with Crippen LogP contribution in [-0.2, 0) is 6.54 Å². The monoisotopic (exact) mass is 288 g/mol. The van der Waals surface area contributed by atoms with Gasteiger partial charge in [-0.05, 0) is 38.2 Å². The van der Waals surface area contributed by atoms with E-state index < -0.39 is 0 Å². The molecule has 118 valence electrons. The number of nitrogens with zero attached hydrogens (tertiary/aromatic N) is 1. The molecule has 0 amide bonds. The molecule has 1 aromatic carbocycles. The Morgan fingerprint density at radius 1 is 1.38 bits per heavy atom. The first kappa shape index (κ1) is 16.5. The molecule has 2 nitrogen and oxygen atoms in total. The number of hydrogen-bond donors (Lipinski definition) is 1. The third-order valence-electron chi connectivity index (χ3n) is 4.95. The van der Waals surface area contributed by atoms with Crippen LogP contribution in [0, 0.1) is 12.8 Å². The molecular weight excluding hydrogens is 256 g/mol. The van der Waals surface area contributed by atoms with Crippen LogP contribution in [-0.4, -0.2) is 29.6 Å². The summed E-state index contributed by atoms with van der Waals surface area (Å²) in [5.74, 6) is 0.759. The Morgan fingerprint density at radius 2 is 2.14 bits per heavy atom. The van der Waals surface area contributed by atoms with Gasteiger partial charge in [0, 0.05) is 31.2 Å². The number of benzene rings is 1. The van der Waals surface area contributed by atoms with Gasteiger partial charge in [-0.1, -0.05) is 50.6 Å². The first-order valence-corrected chi connectivity index (χ1v) is 8.47. The summed E-state index contributed by atoms with van der Waals surface area (Å²) in [5, 5.41) is 3.78. The molecule has 2 rings (SSSR count). The zero-order valence-corrected chi connectivity index (χ0v) is 14.4. The highest BCUT2D eigenvalue weighted by atomic mass is 15.3. The molecule has 1 aliphatic rings. The lowest BCUT2D eigenvalue weighted by atomic mass is 9.89. The van der Waals surface area contributed by atoms with Gasteiger partial charge in [-0.15, -0.1) is 0 Å². The van der Waals surface area contributed by atoms with Crippen LogP contribution in [0.1, 0.15) is 51.7 Å². The summed E-state index contributed by atoms with van der Waals surface area (Å²) in [6.45, 7) is 14.9. The zero-order chi connectivity index (χ0) is 15.5. The van der Waals surface area contributed by atoms with Crippen molar-refractivity contribution in [2.24, 2.45) is 5.92 Å². The van der Waals surface area contributed by atoms with Gasteiger partial charge in [-0.3, -0.25) is 4.90 Å². The summed E-state index contributed by atoms with van der Waals surface area (Å²) >= 11 is 0. The fourth-order valence-corrected chi connectivity index (χ4v) is 3.39. The van der Waals surface area contributed by atoms with Crippen molar-refractivity contribution in [3.63, 3.8) is 0 Å². The van der Waals surface area contributed by atoms with Gasteiger partial charge in [0.05, 0.1) is 0 Å². The Bertz CT molecular complexity index is 455. The van der Waals surface area contributed by atoms with E-state index in [9.17, 15) is 0 Å². The second kappa shape index (κ2) is 6.93. The number of hydrogen-bond acceptors (Lipinski definition) is 2. The molecule has 1 saturated heterocycles. The second-order valence-corrected chi connectivity index (χ2v) is 7.43. The van der Waals surface area contributed by atoms with Crippen LogP contribution in [0.5, 0.6) is 0 Å². The predicted octanol–water partition coefficient (Wildman–Crippen LogP) is 3.98. The van der Waals surface area contributed by atoms with E-state index in [1.165, 1.54) is 24.0 Å². The Hall–Kier alpha value is -0.860. The van der Waals surface area contributed by atoms with Gasteiger partial charge in [0.15, 0.2) is 0 Å². The highest BCUT2D eigenvalue weighted by Gasteiger charge is 2.36. The standard InChI is InChI=1S/C19H32N2/c1-6-19(5)14-20-18(10-15(2)3)13-21(19)12-17-9-7-8-16(4)11-17/h7-9,11,15,18,20H,6,10,12-14H2,1-5H3. The molecule has 2 atom stereocenters. The van der Waals surface area contributed by atoms with Gasteiger partial charge in [-0.2, -0.15) is 0 Å². The third-order valence-corrected chi connectivity index (χ3v) is 4.95. The average molecular weight is 288 g/mol. The Kier molecular flexibility index (Phi) is 5.45. The van der Waals surface area contributed by atoms with Gasteiger partial charge in [0.25, 0.3) is 0 Å². The molecule has 0 bridgehead atoms. The van der Waals surface area contributed by atoms with Crippen LogP contribution in [0.15, 0.2) is 24.3 Å². The highest BCUT2D eigenvalue weighted by Crippen LogP contribution is 2.26. The summed E-state index contributed by atoms with van der Waals surface area (Å²) in [4.78, 5) is 2.70. The van der Waals surface area contributed by atoms with E-state index >= 15 is 0 Å². The molecule has 1 N–H and O–H groups in total. The van der Waals surface area contributed by atoms with Crippen molar-refractivity contribution in [2.45, 2.75) is 65.6 Å². The fourth-order valence-electron chi connectivity index (χ4n) is 3.39. The molecule has 0 saturated carbocycles. The van der Waals surface area contributed by atoms with Crippen molar-refractivity contribution in [3.8, 4) is 0 Å². The molecule has 0 aromatic heterocycles. The quantitative estimate of drug-likeness (QED) is 0.881. The van der Waals surface area contributed by atoms with Crippen LogP contribution in [0.3, 0.4) is 0 Å². The minimum atomic E-state index is 0.275. The van der Waals surface area contributed by atoms with E-state index in [0.717, 1.165) is 25.6 Å². The Labute approximate surface area is 130 Å². The lowest BCUT2D eigenvalue weighted by Crippen LogP contribution is -2.62. The van der Waals surface area contributed by atoms with Crippen molar-refractivity contribution in [1.29, 1.82) is 0 Å². The molecular formula is C19H32N2. The molecule has 0 spiro atoms. The number of nitrogens with one attached hydrogen (secondary N) is 1. The highest BCUT2D eigenvalue weighted by molar-refractivity contribution is 5.22. The van der Waals surface area contributed by atoms with Gasteiger partial charge in [0.2, 0.25) is 0 Å². The van der Waals surface area contributed by atoms with E-state index in [2.05, 4.69) is 69.1 Å². The van der Waals surface area contributed by atoms with Crippen molar-refractivity contribution in [2.75, 3.05) is 13.1 Å². The maximum absolute atomic E-state index is 3.78. The number of piperazine rings is 1. The largest absolute Gasteiger partial charge is 0.311 e. The van der Waals surface area contributed by atoms with Gasteiger partial charge in [-0.25, -0.2) is 0 Å². The van der Waals surface area contributed by atoms with Gasteiger partial charge in [0.1, 0.15) is 0 Å². The van der Waals surface area contributed by atoms with E-state index in [1.807, 2.05) is 0 Å². The van der Waals surface area contributed by atoms with Crippen LogP contribution in [0.4, 0.5) is 0 Å². The normalized spacial score (nSPS) is 27.2. The van der Waals surface area contributed by atoms with Crippen molar-refractivity contribution in [3.05, 3.63) is 35.4 Å².